The molecule has 2 atom stereocenters. The molecule has 0 spiro atoms. The highest BCUT2D eigenvalue weighted by atomic mass is 32.2. The van der Waals surface area contributed by atoms with Gasteiger partial charge in [0.2, 0.25) is 5.88 Å². The summed E-state index contributed by atoms with van der Waals surface area (Å²) >= 11 is 0. The summed E-state index contributed by atoms with van der Waals surface area (Å²) in [5.74, 6) is -0.145. The maximum Gasteiger partial charge on any atom is 0.354 e. The Labute approximate surface area is 178 Å². The summed E-state index contributed by atoms with van der Waals surface area (Å²) in [5, 5.41) is 12.7. The molecule has 1 aliphatic heterocycles. The summed E-state index contributed by atoms with van der Waals surface area (Å²) < 4.78 is 52.8. The summed E-state index contributed by atoms with van der Waals surface area (Å²) in [5.41, 5.74) is 1.88. The third-order valence-corrected chi connectivity index (χ3v) is 7.51. The van der Waals surface area contributed by atoms with Crippen molar-refractivity contribution in [2.24, 2.45) is 9.50 Å². The molecule has 0 fully saturated rings. The second-order valence-corrected chi connectivity index (χ2v) is 10.6. The number of carbonyl (C=O) groups is 1. The molecule has 2 amide bonds. The lowest BCUT2D eigenvalue weighted by Crippen LogP contribution is -2.26. The monoisotopic (exact) mass is 451 g/mol. The number of urea groups is 1. The minimum atomic E-state index is -3.65. The number of carbonyl (C=O) groups excluding carboxylic acids is 1. The Morgan fingerprint density at radius 1 is 1.32 bits per heavy atom. The molecule has 2 heterocycles. The van der Waals surface area contributed by atoms with Gasteiger partial charge >= 0.3 is 6.03 Å². The zero-order chi connectivity index (χ0) is 22.1. The summed E-state index contributed by atoms with van der Waals surface area (Å²) in [6, 6.07) is -0.935. The van der Waals surface area contributed by atoms with E-state index in [-0.39, 0.29) is 29.4 Å². The third-order valence-electron chi connectivity index (χ3n) is 6.16. The molecular formula is C20H23F2N5O3S. The van der Waals surface area contributed by atoms with E-state index in [0.29, 0.717) is 47.4 Å². The van der Waals surface area contributed by atoms with Crippen LogP contribution in [-0.2, 0) is 41.1 Å². The van der Waals surface area contributed by atoms with Gasteiger partial charge in [0.05, 0.1) is 11.7 Å². The quantitative estimate of drug-likeness (QED) is 0.731. The number of nitrogens with one attached hydrogen (secondary N) is 1. The van der Waals surface area contributed by atoms with Crippen LogP contribution in [-0.4, -0.2) is 32.8 Å². The Morgan fingerprint density at radius 3 is 2.81 bits per heavy atom. The molecule has 2 aromatic rings. The molecule has 0 saturated heterocycles. The highest BCUT2D eigenvalue weighted by molar-refractivity contribution is 7.91. The fraction of sp³-hybridized carbons (Fsp3) is 0.500. The van der Waals surface area contributed by atoms with Crippen LogP contribution in [0.5, 0.6) is 5.88 Å². The highest BCUT2D eigenvalue weighted by Crippen LogP contribution is 2.42. The third kappa shape index (κ3) is 3.13. The highest BCUT2D eigenvalue weighted by Gasteiger charge is 2.37. The van der Waals surface area contributed by atoms with Crippen molar-refractivity contribution in [3.8, 4) is 5.88 Å². The summed E-state index contributed by atoms with van der Waals surface area (Å²) in [7, 11) is -3.65. The predicted molar refractivity (Wildman–Crippen MR) is 110 cm³/mol. The number of hydrogen-bond donors (Lipinski definition) is 2. The van der Waals surface area contributed by atoms with Gasteiger partial charge in [-0.2, -0.15) is 5.10 Å². The number of aromatic nitrogens is 2. The van der Waals surface area contributed by atoms with Crippen LogP contribution in [0.2, 0.25) is 0 Å². The lowest BCUT2D eigenvalue weighted by atomic mass is 9.98. The van der Waals surface area contributed by atoms with E-state index in [1.54, 1.807) is 4.68 Å². The SMILES string of the molecule is CC1(C)COc2c(S(N)(=O)=NC(=O)Nc3c4c(c(F)c5c3C[C@@H](F)C5)CCC4)cnn21. The first kappa shape index (κ1) is 20.4. The van der Waals surface area contributed by atoms with E-state index < -0.39 is 27.7 Å². The van der Waals surface area contributed by atoms with Crippen molar-refractivity contribution in [2.75, 3.05) is 11.9 Å². The number of nitrogens with two attached hydrogens (primary N) is 1. The van der Waals surface area contributed by atoms with E-state index in [9.17, 15) is 17.8 Å². The van der Waals surface area contributed by atoms with Gasteiger partial charge in [0.25, 0.3) is 0 Å². The van der Waals surface area contributed by atoms with Gasteiger partial charge in [0.15, 0.2) is 9.92 Å². The summed E-state index contributed by atoms with van der Waals surface area (Å²) in [4.78, 5) is 12.8. The maximum atomic E-state index is 14.8. The van der Waals surface area contributed by atoms with Crippen LogP contribution in [0.25, 0.3) is 0 Å². The van der Waals surface area contributed by atoms with Crippen LogP contribution >= 0.6 is 0 Å². The van der Waals surface area contributed by atoms with Gasteiger partial charge in [-0.05, 0) is 55.4 Å². The van der Waals surface area contributed by atoms with E-state index in [1.807, 2.05) is 13.8 Å². The number of halogens is 2. The molecule has 166 valence electrons. The van der Waals surface area contributed by atoms with Gasteiger partial charge in [-0.1, -0.05) is 0 Å². The molecule has 31 heavy (non-hydrogen) atoms. The number of ether oxygens (including phenoxy) is 1. The number of nitrogens with zero attached hydrogens (tertiary/aromatic N) is 3. The number of fused-ring (bicyclic) bond motifs is 3. The van der Waals surface area contributed by atoms with Crippen molar-refractivity contribution in [1.29, 1.82) is 0 Å². The lowest BCUT2D eigenvalue weighted by molar-refractivity contribution is 0.259. The fourth-order valence-electron chi connectivity index (χ4n) is 4.71. The van der Waals surface area contributed by atoms with Gasteiger partial charge < -0.3 is 10.1 Å². The second kappa shape index (κ2) is 6.73. The Morgan fingerprint density at radius 2 is 2.03 bits per heavy atom. The number of hydrogen-bond acceptors (Lipinski definition) is 4. The van der Waals surface area contributed by atoms with Gasteiger partial charge in [0.1, 0.15) is 23.5 Å². The van der Waals surface area contributed by atoms with Gasteiger partial charge in [0, 0.05) is 18.5 Å². The van der Waals surface area contributed by atoms with Crippen molar-refractivity contribution in [2.45, 2.75) is 62.6 Å². The summed E-state index contributed by atoms with van der Waals surface area (Å²) in [6.07, 6.45) is 1.95. The lowest BCUT2D eigenvalue weighted by Gasteiger charge is -2.16. The Balaban J connectivity index is 1.51. The van der Waals surface area contributed by atoms with Crippen LogP contribution in [0.1, 0.15) is 42.5 Å². The van der Waals surface area contributed by atoms with Gasteiger partial charge in [-0.15, -0.1) is 4.36 Å². The molecule has 0 saturated carbocycles. The van der Waals surface area contributed by atoms with E-state index in [1.165, 1.54) is 6.20 Å². The van der Waals surface area contributed by atoms with Crippen LogP contribution in [0, 0.1) is 5.82 Å². The normalized spacial score (nSPS) is 22.3. The molecule has 5 rings (SSSR count). The zero-order valence-electron chi connectivity index (χ0n) is 17.2. The van der Waals surface area contributed by atoms with E-state index >= 15 is 0 Å². The molecule has 1 unspecified atom stereocenters. The first-order valence-electron chi connectivity index (χ1n) is 10.1. The Bertz CT molecular complexity index is 1250. The average Bonchev–Trinajstić information content (AvgIpc) is 3.43. The van der Waals surface area contributed by atoms with Crippen LogP contribution in [0.15, 0.2) is 15.5 Å². The first-order chi connectivity index (χ1) is 14.6. The van der Waals surface area contributed by atoms with Gasteiger partial charge in [-0.25, -0.2) is 27.6 Å². The standard InChI is InChI=1S/C20H23F2N5O3S/c1-20(2)9-30-18-15(8-24-27(18)20)31(23,29)26-19(28)25-17-12-5-3-4-11(12)16(22)13-6-10(21)7-14(13)17/h8,10H,3-7,9H2,1-2H3,(H3,23,25,26,28,29)/t10-,31?/m0/s1. The number of anilines is 1. The molecule has 3 N–H and O–H groups in total. The molecule has 3 aliphatic rings. The van der Waals surface area contributed by atoms with Crippen molar-refractivity contribution >= 4 is 21.6 Å². The zero-order valence-corrected chi connectivity index (χ0v) is 18.0. The minimum absolute atomic E-state index is 0.0161. The van der Waals surface area contributed by atoms with E-state index in [4.69, 9.17) is 9.88 Å². The minimum Gasteiger partial charge on any atom is -0.474 e. The molecule has 8 nitrogen and oxygen atoms in total. The Kier molecular flexibility index (Phi) is 4.43. The first-order valence-corrected chi connectivity index (χ1v) is 11.7. The second-order valence-electron chi connectivity index (χ2n) is 8.88. The van der Waals surface area contributed by atoms with Crippen molar-refractivity contribution < 1.29 is 22.5 Å². The molecular weight excluding hydrogens is 428 g/mol. The molecule has 0 radical (unpaired) electrons. The molecule has 0 bridgehead atoms. The van der Waals surface area contributed by atoms with Crippen LogP contribution in [0.4, 0.5) is 19.3 Å². The largest absolute Gasteiger partial charge is 0.474 e. The number of rotatable bonds is 2. The number of amides is 2. The maximum absolute atomic E-state index is 14.8. The average molecular weight is 451 g/mol. The number of alkyl halides is 1. The van der Waals surface area contributed by atoms with Crippen molar-refractivity contribution in [1.82, 2.24) is 9.78 Å². The van der Waals surface area contributed by atoms with Crippen LogP contribution in [0.3, 0.4) is 0 Å². The van der Waals surface area contributed by atoms with E-state index in [2.05, 4.69) is 14.8 Å². The van der Waals surface area contributed by atoms with Gasteiger partial charge in [-0.3, -0.25) is 0 Å². The summed E-state index contributed by atoms with van der Waals surface area (Å²) in [6.45, 7) is 4.12. The molecule has 1 aromatic carbocycles. The Hall–Kier alpha value is -2.53. The van der Waals surface area contributed by atoms with Crippen LogP contribution < -0.4 is 15.2 Å². The topological polar surface area (TPSA) is 112 Å². The van der Waals surface area contributed by atoms with Crippen molar-refractivity contribution in [3.63, 3.8) is 0 Å². The van der Waals surface area contributed by atoms with Crippen molar-refractivity contribution in [3.05, 3.63) is 34.3 Å². The molecule has 1 aromatic heterocycles. The smallest absolute Gasteiger partial charge is 0.354 e. The van der Waals surface area contributed by atoms with E-state index in [0.717, 1.165) is 6.42 Å². The molecule has 11 heteroatoms. The fourth-order valence-corrected chi connectivity index (χ4v) is 5.69. The number of benzene rings is 1. The molecule has 2 aliphatic carbocycles. The predicted octanol–water partition coefficient (Wildman–Crippen LogP) is 3.01.